The number of hydrogen-bond acceptors (Lipinski definition) is 5. The fraction of sp³-hybridized carbons (Fsp3) is 0.588. The summed E-state index contributed by atoms with van der Waals surface area (Å²) in [5, 5.41) is 9.55. The highest BCUT2D eigenvalue weighted by atomic mass is 32.1. The van der Waals surface area contributed by atoms with Crippen molar-refractivity contribution in [1.29, 1.82) is 0 Å². The van der Waals surface area contributed by atoms with E-state index in [2.05, 4.69) is 31.7 Å². The lowest BCUT2D eigenvalue weighted by Gasteiger charge is -2.24. The first-order valence-corrected chi connectivity index (χ1v) is 9.41. The van der Waals surface area contributed by atoms with Crippen molar-refractivity contribution >= 4 is 17.2 Å². The molecule has 2 aromatic heterocycles. The third kappa shape index (κ3) is 4.42. The highest BCUT2D eigenvalue weighted by Gasteiger charge is 2.27. The van der Waals surface area contributed by atoms with Gasteiger partial charge in [0, 0.05) is 17.5 Å². The number of nitrogens with zero attached hydrogens (tertiary/aromatic N) is 4. The Morgan fingerprint density at radius 2 is 2.33 bits per heavy atom. The number of aromatic nitrogens is 3. The van der Waals surface area contributed by atoms with Gasteiger partial charge >= 0.3 is 0 Å². The standard InChI is InChI=1S/C17H25N5OS/c1-13-19-14(2)22(20-13)11-15-5-3-9-21(15)12-17(23)18-8-7-16-6-4-10-24-16/h4,6,10,15H,3,5,7-9,11-12H2,1-2H3,(H,18,23)/t15-/m1/s1. The molecule has 130 valence electrons. The van der Waals surface area contributed by atoms with Gasteiger partial charge in [0.15, 0.2) is 0 Å². The highest BCUT2D eigenvalue weighted by molar-refractivity contribution is 7.09. The topological polar surface area (TPSA) is 63.1 Å². The van der Waals surface area contributed by atoms with E-state index in [1.807, 2.05) is 24.6 Å². The van der Waals surface area contributed by atoms with E-state index in [1.165, 1.54) is 4.88 Å². The van der Waals surface area contributed by atoms with E-state index in [4.69, 9.17) is 0 Å². The molecule has 0 aliphatic carbocycles. The van der Waals surface area contributed by atoms with Crippen molar-refractivity contribution in [2.24, 2.45) is 0 Å². The van der Waals surface area contributed by atoms with Crippen LogP contribution >= 0.6 is 11.3 Å². The average molecular weight is 347 g/mol. The Bertz CT molecular complexity index is 667. The largest absolute Gasteiger partial charge is 0.355 e. The van der Waals surface area contributed by atoms with Crippen molar-refractivity contribution in [3.05, 3.63) is 34.0 Å². The molecule has 1 aliphatic rings. The van der Waals surface area contributed by atoms with Crippen LogP contribution in [0.25, 0.3) is 0 Å². The smallest absolute Gasteiger partial charge is 0.234 e. The molecule has 0 unspecified atom stereocenters. The Morgan fingerprint density at radius 1 is 1.46 bits per heavy atom. The molecule has 3 heterocycles. The van der Waals surface area contributed by atoms with Crippen LogP contribution in [0.2, 0.25) is 0 Å². The summed E-state index contributed by atoms with van der Waals surface area (Å²) in [5.74, 6) is 1.87. The lowest BCUT2D eigenvalue weighted by atomic mass is 10.2. The zero-order chi connectivity index (χ0) is 16.9. The first-order chi connectivity index (χ1) is 11.6. The number of nitrogens with one attached hydrogen (secondary N) is 1. The molecule has 6 nitrogen and oxygen atoms in total. The minimum atomic E-state index is 0.116. The molecule has 1 amide bonds. The Labute approximate surface area is 146 Å². The van der Waals surface area contributed by atoms with Crippen LogP contribution in [0.5, 0.6) is 0 Å². The van der Waals surface area contributed by atoms with Gasteiger partial charge in [-0.15, -0.1) is 11.3 Å². The van der Waals surface area contributed by atoms with Crippen molar-refractivity contribution in [1.82, 2.24) is 25.0 Å². The summed E-state index contributed by atoms with van der Waals surface area (Å²) in [5.41, 5.74) is 0. The molecule has 0 aromatic carbocycles. The Kier molecular flexibility index (Phi) is 5.63. The fourth-order valence-corrected chi connectivity index (χ4v) is 3.97. The lowest BCUT2D eigenvalue weighted by Crippen LogP contribution is -2.42. The van der Waals surface area contributed by atoms with Crippen LogP contribution in [-0.4, -0.2) is 51.2 Å². The number of hydrogen-bond donors (Lipinski definition) is 1. The van der Waals surface area contributed by atoms with Crippen LogP contribution in [0.3, 0.4) is 0 Å². The summed E-state index contributed by atoms with van der Waals surface area (Å²) in [6.07, 6.45) is 3.16. The lowest BCUT2D eigenvalue weighted by molar-refractivity contribution is -0.122. The van der Waals surface area contributed by atoms with Gasteiger partial charge in [0.1, 0.15) is 11.6 Å². The van der Waals surface area contributed by atoms with E-state index in [1.54, 1.807) is 11.3 Å². The molecule has 1 atom stereocenters. The number of amides is 1. The zero-order valence-electron chi connectivity index (χ0n) is 14.4. The molecule has 1 fully saturated rings. The molecule has 0 saturated carbocycles. The molecule has 0 bridgehead atoms. The zero-order valence-corrected chi connectivity index (χ0v) is 15.2. The predicted molar refractivity (Wildman–Crippen MR) is 95.1 cm³/mol. The van der Waals surface area contributed by atoms with Crippen LogP contribution in [-0.2, 0) is 17.8 Å². The number of carbonyl (C=O) groups excluding carboxylic acids is 1. The maximum Gasteiger partial charge on any atom is 0.234 e. The molecule has 24 heavy (non-hydrogen) atoms. The molecule has 7 heteroatoms. The van der Waals surface area contributed by atoms with E-state index in [9.17, 15) is 4.79 Å². The maximum atomic E-state index is 12.2. The summed E-state index contributed by atoms with van der Waals surface area (Å²) in [4.78, 5) is 20.2. The van der Waals surface area contributed by atoms with Crippen molar-refractivity contribution in [2.45, 2.75) is 45.7 Å². The van der Waals surface area contributed by atoms with E-state index < -0.39 is 0 Å². The Hall–Kier alpha value is -1.73. The van der Waals surface area contributed by atoms with Gasteiger partial charge in [0.25, 0.3) is 0 Å². The van der Waals surface area contributed by atoms with Gasteiger partial charge in [0.05, 0.1) is 13.1 Å². The number of carbonyl (C=O) groups is 1. The fourth-order valence-electron chi connectivity index (χ4n) is 3.26. The van der Waals surface area contributed by atoms with E-state index in [0.29, 0.717) is 19.1 Å². The van der Waals surface area contributed by atoms with Gasteiger partial charge in [-0.2, -0.15) is 5.10 Å². The summed E-state index contributed by atoms with van der Waals surface area (Å²) in [6.45, 7) is 6.87. The molecule has 3 rings (SSSR count). The van der Waals surface area contributed by atoms with Gasteiger partial charge in [-0.1, -0.05) is 6.07 Å². The third-order valence-corrected chi connectivity index (χ3v) is 5.40. The molecular weight excluding hydrogens is 322 g/mol. The quantitative estimate of drug-likeness (QED) is 0.829. The minimum absolute atomic E-state index is 0.116. The number of aryl methyl sites for hydroxylation is 2. The number of thiophene rings is 1. The molecule has 0 spiro atoms. The van der Waals surface area contributed by atoms with Crippen LogP contribution in [0, 0.1) is 13.8 Å². The Balaban J connectivity index is 1.46. The second-order valence-corrected chi connectivity index (χ2v) is 7.37. The van der Waals surface area contributed by atoms with E-state index in [0.717, 1.165) is 44.0 Å². The molecule has 0 radical (unpaired) electrons. The third-order valence-electron chi connectivity index (χ3n) is 4.47. The number of rotatable bonds is 7. The first-order valence-electron chi connectivity index (χ1n) is 8.53. The highest BCUT2D eigenvalue weighted by Crippen LogP contribution is 2.18. The monoisotopic (exact) mass is 347 g/mol. The second-order valence-electron chi connectivity index (χ2n) is 6.33. The SMILES string of the molecule is Cc1nc(C)n(C[C@H]2CCCN2CC(=O)NCCc2cccs2)n1. The van der Waals surface area contributed by atoms with Gasteiger partial charge in [0.2, 0.25) is 5.91 Å². The van der Waals surface area contributed by atoms with Crippen LogP contribution in [0.15, 0.2) is 17.5 Å². The predicted octanol–water partition coefficient (Wildman–Crippen LogP) is 1.78. The van der Waals surface area contributed by atoms with Gasteiger partial charge in [-0.05, 0) is 51.1 Å². The van der Waals surface area contributed by atoms with Crippen molar-refractivity contribution in [3.8, 4) is 0 Å². The van der Waals surface area contributed by atoms with Gasteiger partial charge in [-0.3, -0.25) is 9.69 Å². The Morgan fingerprint density at radius 3 is 3.04 bits per heavy atom. The molecule has 2 aromatic rings. The first kappa shape index (κ1) is 17.1. The maximum absolute atomic E-state index is 12.2. The minimum Gasteiger partial charge on any atom is -0.355 e. The normalized spacial score (nSPS) is 18.2. The van der Waals surface area contributed by atoms with E-state index >= 15 is 0 Å². The summed E-state index contributed by atoms with van der Waals surface area (Å²) in [6, 6.07) is 4.52. The van der Waals surface area contributed by atoms with Gasteiger partial charge < -0.3 is 5.32 Å². The van der Waals surface area contributed by atoms with Gasteiger partial charge in [-0.25, -0.2) is 9.67 Å². The van der Waals surface area contributed by atoms with Crippen LogP contribution in [0.4, 0.5) is 0 Å². The van der Waals surface area contributed by atoms with E-state index in [-0.39, 0.29) is 5.91 Å². The molecule has 1 N–H and O–H groups in total. The summed E-state index contributed by atoms with van der Waals surface area (Å²) < 4.78 is 1.97. The molecular formula is C17H25N5OS. The van der Waals surface area contributed by atoms with Crippen molar-refractivity contribution in [3.63, 3.8) is 0 Å². The second kappa shape index (κ2) is 7.90. The average Bonchev–Trinajstić information content (AvgIpc) is 3.24. The summed E-state index contributed by atoms with van der Waals surface area (Å²) in [7, 11) is 0. The molecule has 1 aliphatic heterocycles. The summed E-state index contributed by atoms with van der Waals surface area (Å²) >= 11 is 1.74. The van der Waals surface area contributed by atoms with Crippen LogP contribution < -0.4 is 5.32 Å². The number of likely N-dealkylation sites (tertiary alicyclic amines) is 1. The van der Waals surface area contributed by atoms with Crippen LogP contribution in [0.1, 0.15) is 29.4 Å². The van der Waals surface area contributed by atoms with Crippen molar-refractivity contribution in [2.75, 3.05) is 19.6 Å². The molecule has 1 saturated heterocycles. The van der Waals surface area contributed by atoms with Crippen molar-refractivity contribution < 1.29 is 4.79 Å².